The molecule has 3 N–H and O–H groups in total. The van der Waals surface area contributed by atoms with E-state index in [4.69, 9.17) is 5.73 Å². The van der Waals surface area contributed by atoms with Crippen molar-refractivity contribution in [3.05, 3.63) is 35.4 Å². The van der Waals surface area contributed by atoms with Crippen molar-refractivity contribution in [1.29, 1.82) is 0 Å². The maximum Gasteiger partial charge on any atom is 0.0381 e. The van der Waals surface area contributed by atoms with Gasteiger partial charge in [-0.2, -0.15) is 0 Å². The van der Waals surface area contributed by atoms with Gasteiger partial charge in [0, 0.05) is 23.8 Å². The lowest BCUT2D eigenvalue weighted by Gasteiger charge is -2.19. The molecule has 1 atom stereocenters. The van der Waals surface area contributed by atoms with Crippen LogP contribution in [0.5, 0.6) is 0 Å². The van der Waals surface area contributed by atoms with Crippen LogP contribution in [0.4, 0.5) is 11.4 Å². The highest BCUT2D eigenvalue weighted by Crippen LogP contribution is 2.40. The molecule has 1 aromatic carbocycles. The van der Waals surface area contributed by atoms with Gasteiger partial charge in [0.2, 0.25) is 0 Å². The first-order valence-corrected chi connectivity index (χ1v) is 6.17. The zero-order chi connectivity index (χ0) is 11.0. The minimum absolute atomic E-state index is 0.568. The number of allylic oxidation sites excluding steroid dienone is 1. The van der Waals surface area contributed by atoms with E-state index in [0.717, 1.165) is 12.2 Å². The van der Waals surface area contributed by atoms with Crippen LogP contribution in [-0.2, 0) is 0 Å². The molecule has 1 aromatic rings. The van der Waals surface area contributed by atoms with Gasteiger partial charge in [0.15, 0.2) is 0 Å². The summed E-state index contributed by atoms with van der Waals surface area (Å²) in [5.74, 6) is 0.568. The van der Waals surface area contributed by atoms with E-state index < -0.39 is 0 Å². The molecule has 0 bridgehead atoms. The smallest absolute Gasteiger partial charge is 0.0381 e. The molecule has 1 unspecified atom stereocenters. The number of rotatable bonds is 1. The van der Waals surface area contributed by atoms with E-state index in [0.29, 0.717) is 5.92 Å². The molecule has 0 saturated heterocycles. The third kappa shape index (κ3) is 1.58. The Labute approximate surface area is 96.5 Å². The van der Waals surface area contributed by atoms with Crippen LogP contribution in [0, 0.1) is 0 Å². The Balaban J connectivity index is 1.95. The summed E-state index contributed by atoms with van der Waals surface area (Å²) < 4.78 is 0. The molecule has 16 heavy (non-hydrogen) atoms. The Morgan fingerprint density at radius 3 is 3.00 bits per heavy atom. The fraction of sp³-hybridized carbons (Fsp3) is 0.429. The summed E-state index contributed by atoms with van der Waals surface area (Å²) in [5, 5.41) is 3.48. The Morgan fingerprint density at radius 1 is 1.25 bits per heavy atom. The summed E-state index contributed by atoms with van der Waals surface area (Å²) >= 11 is 0. The lowest BCUT2D eigenvalue weighted by Crippen LogP contribution is -2.07. The van der Waals surface area contributed by atoms with Gasteiger partial charge < -0.3 is 11.1 Å². The predicted octanol–water partition coefficient (Wildman–Crippen LogP) is 3.28. The van der Waals surface area contributed by atoms with E-state index in [-0.39, 0.29) is 0 Å². The molecule has 0 amide bonds. The molecule has 84 valence electrons. The molecule has 3 rings (SSSR count). The van der Waals surface area contributed by atoms with Crippen molar-refractivity contribution >= 4 is 11.4 Å². The lowest BCUT2D eigenvalue weighted by atomic mass is 9.86. The summed E-state index contributed by atoms with van der Waals surface area (Å²) in [4.78, 5) is 0. The molecule has 0 aromatic heterocycles. The second kappa shape index (κ2) is 3.85. The standard InChI is InChI=1S/C14H18N2/c15-11-6-7-14-12(8-11)13(9-16-14)10-4-2-1-3-5-10/h4,6-8,13,16H,1-3,5,9,15H2. The third-order valence-corrected chi connectivity index (χ3v) is 3.72. The van der Waals surface area contributed by atoms with Crippen molar-refractivity contribution in [2.75, 3.05) is 17.6 Å². The van der Waals surface area contributed by atoms with Crippen molar-refractivity contribution in [3.63, 3.8) is 0 Å². The number of hydrogen-bond donors (Lipinski definition) is 2. The molecule has 0 fully saturated rings. The molecule has 0 spiro atoms. The van der Waals surface area contributed by atoms with Crippen LogP contribution in [0.15, 0.2) is 29.8 Å². The van der Waals surface area contributed by atoms with E-state index in [9.17, 15) is 0 Å². The van der Waals surface area contributed by atoms with Crippen LogP contribution in [-0.4, -0.2) is 6.54 Å². The van der Waals surface area contributed by atoms with E-state index in [1.165, 1.54) is 36.9 Å². The highest BCUT2D eigenvalue weighted by molar-refractivity contribution is 5.64. The molecular weight excluding hydrogens is 196 g/mol. The van der Waals surface area contributed by atoms with Gasteiger partial charge in [0.05, 0.1) is 0 Å². The highest BCUT2D eigenvalue weighted by atomic mass is 14.9. The molecule has 0 radical (unpaired) electrons. The van der Waals surface area contributed by atoms with Crippen molar-refractivity contribution in [2.24, 2.45) is 0 Å². The summed E-state index contributed by atoms with van der Waals surface area (Å²) in [7, 11) is 0. The molecule has 1 aliphatic heterocycles. The van der Waals surface area contributed by atoms with Crippen molar-refractivity contribution in [3.8, 4) is 0 Å². The molecule has 2 heteroatoms. The van der Waals surface area contributed by atoms with Crippen LogP contribution in [0.3, 0.4) is 0 Å². The molecule has 1 aliphatic carbocycles. The molecule has 0 saturated carbocycles. The fourth-order valence-corrected chi connectivity index (χ4v) is 2.86. The number of nitrogens with one attached hydrogen (secondary N) is 1. The Bertz CT molecular complexity index is 434. The monoisotopic (exact) mass is 214 g/mol. The topological polar surface area (TPSA) is 38.0 Å². The van der Waals surface area contributed by atoms with Gasteiger partial charge in [0.1, 0.15) is 0 Å². The van der Waals surface area contributed by atoms with Crippen LogP contribution in [0.1, 0.15) is 37.2 Å². The average molecular weight is 214 g/mol. The number of benzene rings is 1. The van der Waals surface area contributed by atoms with Crippen molar-refractivity contribution in [2.45, 2.75) is 31.6 Å². The maximum atomic E-state index is 5.88. The first-order chi connectivity index (χ1) is 7.84. The van der Waals surface area contributed by atoms with Gasteiger partial charge in [-0.05, 0) is 49.4 Å². The van der Waals surface area contributed by atoms with E-state index in [1.54, 1.807) is 5.57 Å². The fourth-order valence-electron chi connectivity index (χ4n) is 2.86. The summed E-state index contributed by atoms with van der Waals surface area (Å²) in [6, 6.07) is 6.22. The zero-order valence-electron chi connectivity index (χ0n) is 9.50. The normalized spacial score (nSPS) is 23.5. The number of nitrogen functional groups attached to an aromatic ring is 1. The Kier molecular flexibility index (Phi) is 2.35. The van der Waals surface area contributed by atoms with Gasteiger partial charge in [-0.1, -0.05) is 11.6 Å². The van der Waals surface area contributed by atoms with Crippen LogP contribution in [0.2, 0.25) is 0 Å². The van der Waals surface area contributed by atoms with Gasteiger partial charge in [-0.25, -0.2) is 0 Å². The number of hydrogen-bond acceptors (Lipinski definition) is 2. The number of anilines is 2. The molecule has 1 heterocycles. The van der Waals surface area contributed by atoms with Gasteiger partial charge in [-0.15, -0.1) is 0 Å². The van der Waals surface area contributed by atoms with Gasteiger partial charge >= 0.3 is 0 Å². The Hall–Kier alpha value is -1.44. The van der Waals surface area contributed by atoms with Gasteiger partial charge in [-0.3, -0.25) is 0 Å². The van der Waals surface area contributed by atoms with Crippen molar-refractivity contribution in [1.82, 2.24) is 0 Å². The van der Waals surface area contributed by atoms with Crippen LogP contribution < -0.4 is 11.1 Å². The second-order valence-electron chi connectivity index (χ2n) is 4.80. The highest BCUT2D eigenvalue weighted by Gasteiger charge is 2.25. The Morgan fingerprint density at radius 2 is 2.19 bits per heavy atom. The second-order valence-corrected chi connectivity index (χ2v) is 4.80. The van der Waals surface area contributed by atoms with E-state index in [1.807, 2.05) is 6.07 Å². The lowest BCUT2D eigenvalue weighted by molar-refractivity contribution is 0.657. The number of nitrogens with two attached hydrogens (primary N) is 1. The first-order valence-electron chi connectivity index (χ1n) is 6.17. The molecular formula is C14H18N2. The third-order valence-electron chi connectivity index (χ3n) is 3.72. The van der Waals surface area contributed by atoms with E-state index >= 15 is 0 Å². The zero-order valence-corrected chi connectivity index (χ0v) is 9.50. The minimum Gasteiger partial charge on any atom is -0.399 e. The predicted molar refractivity (Wildman–Crippen MR) is 68.6 cm³/mol. The summed E-state index contributed by atoms with van der Waals surface area (Å²) in [6.07, 6.45) is 7.66. The van der Waals surface area contributed by atoms with Gasteiger partial charge in [0.25, 0.3) is 0 Å². The molecule has 2 nitrogen and oxygen atoms in total. The quantitative estimate of drug-likeness (QED) is 0.556. The van der Waals surface area contributed by atoms with Crippen molar-refractivity contribution < 1.29 is 0 Å². The maximum absolute atomic E-state index is 5.88. The van der Waals surface area contributed by atoms with Crippen LogP contribution in [0.25, 0.3) is 0 Å². The summed E-state index contributed by atoms with van der Waals surface area (Å²) in [6.45, 7) is 1.05. The first kappa shape index (κ1) is 9.76. The largest absolute Gasteiger partial charge is 0.399 e. The van der Waals surface area contributed by atoms with Crippen LogP contribution >= 0.6 is 0 Å². The molecule has 2 aliphatic rings. The summed E-state index contributed by atoms with van der Waals surface area (Å²) in [5.41, 5.74) is 11.0. The minimum atomic E-state index is 0.568. The SMILES string of the molecule is Nc1ccc2c(c1)C(C1=CCCCC1)CN2. The average Bonchev–Trinajstić information content (AvgIpc) is 2.73. The van der Waals surface area contributed by atoms with E-state index in [2.05, 4.69) is 23.5 Å². The number of fused-ring (bicyclic) bond motifs is 1.